The molecule has 0 unspecified atom stereocenters. The van der Waals surface area contributed by atoms with Crippen LogP contribution in [0.2, 0.25) is 10.0 Å². The fourth-order valence-corrected chi connectivity index (χ4v) is 3.82. The minimum Gasteiger partial charge on any atom is -0.478 e. The summed E-state index contributed by atoms with van der Waals surface area (Å²) in [7, 11) is 0. The lowest BCUT2D eigenvalue weighted by Gasteiger charge is -2.22. The first-order chi connectivity index (χ1) is 17.6. The van der Waals surface area contributed by atoms with Crippen molar-refractivity contribution in [2.24, 2.45) is 0 Å². The van der Waals surface area contributed by atoms with Gasteiger partial charge < -0.3 is 15.2 Å². The largest absolute Gasteiger partial charge is 0.478 e. The Hall–Kier alpha value is -3.88. The van der Waals surface area contributed by atoms with Gasteiger partial charge >= 0.3 is 5.97 Å². The third kappa shape index (κ3) is 5.76. The summed E-state index contributed by atoms with van der Waals surface area (Å²) in [6.07, 6.45) is 0. The van der Waals surface area contributed by atoms with Gasteiger partial charge in [0, 0.05) is 17.1 Å². The number of nitrogens with one attached hydrogen (secondary N) is 1. The number of hydrogen-bond acceptors (Lipinski definition) is 4. The van der Waals surface area contributed by atoms with E-state index in [1.54, 1.807) is 60.7 Å². The molecule has 0 bridgehead atoms. The van der Waals surface area contributed by atoms with Crippen molar-refractivity contribution in [1.82, 2.24) is 15.1 Å². The van der Waals surface area contributed by atoms with Crippen LogP contribution in [0.3, 0.4) is 0 Å². The van der Waals surface area contributed by atoms with E-state index in [1.807, 2.05) is 0 Å². The molecule has 37 heavy (non-hydrogen) atoms. The number of rotatable bonds is 8. The van der Waals surface area contributed by atoms with Gasteiger partial charge in [-0.15, -0.1) is 0 Å². The number of aliphatic carboxylic acids is 1. The minimum atomic E-state index is -1.71. The number of carboxylic acid groups (broad SMARTS) is 1. The lowest BCUT2D eigenvalue weighted by Crippen LogP contribution is -2.38. The molecule has 2 N–H and O–H groups in total. The van der Waals surface area contributed by atoms with Gasteiger partial charge in [-0.3, -0.25) is 4.79 Å². The molecule has 10 heteroatoms. The molecule has 1 aromatic heterocycles. The van der Waals surface area contributed by atoms with E-state index in [1.165, 1.54) is 30.7 Å². The predicted octanol–water partition coefficient (Wildman–Crippen LogP) is 6.16. The Morgan fingerprint density at radius 1 is 1.03 bits per heavy atom. The topological polar surface area (TPSA) is 93.5 Å². The van der Waals surface area contributed by atoms with Gasteiger partial charge in [0.05, 0.1) is 10.7 Å². The molecule has 0 fully saturated rings. The van der Waals surface area contributed by atoms with Crippen LogP contribution in [0, 0.1) is 5.82 Å². The van der Waals surface area contributed by atoms with Crippen molar-refractivity contribution < 1.29 is 23.8 Å². The van der Waals surface area contributed by atoms with Crippen LogP contribution in [0.4, 0.5) is 4.39 Å². The SMILES string of the molecule is CC(C)(Oc1c(C(=O)NCc2ccc(F)cc2)nn(-c2ccccc2Cl)c1-c1ccc(Cl)cc1)C(=O)O. The van der Waals surface area contributed by atoms with Crippen molar-refractivity contribution in [3.8, 4) is 22.7 Å². The average molecular weight is 542 g/mol. The molecule has 0 radical (unpaired) electrons. The van der Waals surface area contributed by atoms with Crippen LogP contribution in [0.1, 0.15) is 29.9 Å². The van der Waals surface area contributed by atoms with Gasteiger partial charge in [-0.2, -0.15) is 5.10 Å². The number of ether oxygens (including phenoxy) is 1. The molecule has 0 aliphatic rings. The second-order valence-electron chi connectivity index (χ2n) is 8.62. The van der Waals surface area contributed by atoms with E-state index in [2.05, 4.69) is 10.4 Å². The first-order valence-electron chi connectivity index (χ1n) is 11.2. The second kappa shape index (κ2) is 10.6. The van der Waals surface area contributed by atoms with Gasteiger partial charge in [-0.1, -0.05) is 59.6 Å². The Morgan fingerprint density at radius 2 is 1.68 bits per heavy atom. The molecule has 1 heterocycles. The molecule has 0 spiro atoms. The Kier molecular flexibility index (Phi) is 7.52. The first-order valence-corrected chi connectivity index (χ1v) is 11.9. The Balaban J connectivity index is 1.89. The molecule has 0 aliphatic heterocycles. The summed E-state index contributed by atoms with van der Waals surface area (Å²) in [6, 6.07) is 19.3. The summed E-state index contributed by atoms with van der Waals surface area (Å²) in [6.45, 7) is 2.82. The summed E-state index contributed by atoms with van der Waals surface area (Å²) < 4.78 is 20.7. The van der Waals surface area contributed by atoms with Crippen molar-refractivity contribution in [2.75, 3.05) is 0 Å². The molecule has 3 aromatic carbocycles. The van der Waals surface area contributed by atoms with Crippen molar-refractivity contribution in [2.45, 2.75) is 26.0 Å². The molecule has 4 aromatic rings. The fourth-order valence-electron chi connectivity index (χ4n) is 3.48. The van der Waals surface area contributed by atoms with Crippen LogP contribution >= 0.6 is 23.2 Å². The number of carbonyl (C=O) groups is 2. The van der Waals surface area contributed by atoms with Crippen molar-refractivity contribution in [3.63, 3.8) is 0 Å². The van der Waals surface area contributed by atoms with Crippen LogP contribution in [-0.2, 0) is 11.3 Å². The highest BCUT2D eigenvalue weighted by molar-refractivity contribution is 6.32. The summed E-state index contributed by atoms with van der Waals surface area (Å²) >= 11 is 12.6. The van der Waals surface area contributed by atoms with Gasteiger partial charge in [-0.25, -0.2) is 13.9 Å². The van der Waals surface area contributed by atoms with E-state index < -0.39 is 23.3 Å². The molecular formula is C27H22Cl2FN3O4. The normalized spacial score (nSPS) is 11.3. The predicted molar refractivity (Wildman–Crippen MR) is 139 cm³/mol. The Labute approximate surface area is 222 Å². The third-order valence-electron chi connectivity index (χ3n) is 5.49. The standard InChI is InChI=1S/C27H22Cl2FN3O4/c1-27(2,26(35)36)37-24-22(25(34)31-15-16-7-13-19(30)14-8-16)32-33(21-6-4-3-5-20(21)29)23(24)17-9-11-18(28)12-10-17/h3-14H,15H2,1-2H3,(H,31,34)(H,35,36). The zero-order valence-electron chi connectivity index (χ0n) is 19.8. The van der Waals surface area contributed by atoms with E-state index in [0.717, 1.165) is 0 Å². The van der Waals surface area contributed by atoms with Gasteiger partial charge in [0.25, 0.3) is 5.91 Å². The molecule has 0 saturated carbocycles. The molecule has 1 amide bonds. The van der Waals surface area contributed by atoms with E-state index in [0.29, 0.717) is 32.6 Å². The number of benzene rings is 3. The summed E-state index contributed by atoms with van der Waals surface area (Å²) in [5.41, 5.74) is 0.121. The maximum atomic E-state index is 13.4. The zero-order chi connectivity index (χ0) is 26.7. The fraction of sp³-hybridized carbons (Fsp3) is 0.148. The lowest BCUT2D eigenvalue weighted by atomic mass is 10.1. The van der Waals surface area contributed by atoms with Crippen molar-refractivity contribution in [3.05, 3.63) is 99.9 Å². The van der Waals surface area contributed by atoms with Crippen LogP contribution in [0.5, 0.6) is 5.75 Å². The number of aromatic nitrogens is 2. The highest BCUT2D eigenvalue weighted by Crippen LogP contribution is 2.39. The van der Waals surface area contributed by atoms with Crippen LogP contribution in [0.15, 0.2) is 72.8 Å². The molecule has 190 valence electrons. The number of para-hydroxylation sites is 1. The van der Waals surface area contributed by atoms with Gasteiger partial charge in [0.1, 0.15) is 11.5 Å². The number of amides is 1. The van der Waals surface area contributed by atoms with Gasteiger partial charge in [0.15, 0.2) is 17.0 Å². The summed E-state index contributed by atoms with van der Waals surface area (Å²) in [4.78, 5) is 25.3. The van der Waals surface area contributed by atoms with E-state index in [4.69, 9.17) is 27.9 Å². The molecule has 0 aliphatic carbocycles. The highest BCUT2D eigenvalue weighted by atomic mass is 35.5. The number of halogens is 3. The molecule has 0 atom stereocenters. The van der Waals surface area contributed by atoms with Crippen LogP contribution in [-0.4, -0.2) is 32.4 Å². The quantitative estimate of drug-likeness (QED) is 0.278. The Morgan fingerprint density at radius 3 is 2.30 bits per heavy atom. The second-order valence-corrected chi connectivity index (χ2v) is 9.47. The number of nitrogens with zero attached hydrogens (tertiary/aromatic N) is 2. The van der Waals surface area contributed by atoms with Gasteiger partial charge in [0.2, 0.25) is 0 Å². The van der Waals surface area contributed by atoms with E-state index >= 15 is 0 Å². The number of hydrogen-bond donors (Lipinski definition) is 2. The smallest absolute Gasteiger partial charge is 0.347 e. The maximum Gasteiger partial charge on any atom is 0.347 e. The van der Waals surface area contributed by atoms with Crippen LogP contribution in [0.25, 0.3) is 16.9 Å². The van der Waals surface area contributed by atoms with E-state index in [-0.39, 0.29) is 18.0 Å². The average Bonchev–Trinajstić information content (AvgIpc) is 3.22. The maximum absolute atomic E-state index is 13.4. The van der Waals surface area contributed by atoms with E-state index in [9.17, 15) is 19.1 Å². The number of carboxylic acids is 1. The molecule has 0 saturated heterocycles. The first kappa shape index (κ1) is 26.2. The van der Waals surface area contributed by atoms with Crippen molar-refractivity contribution >= 4 is 35.1 Å². The summed E-state index contributed by atoms with van der Waals surface area (Å²) in [5, 5.41) is 17.8. The highest BCUT2D eigenvalue weighted by Gasteiger charge is 2.36. The summed E-state index contributed by atoms with van der Waals surface area (Å²) in [5.74, 6) is -2.31. The zero-order valence-corrected chi connectivity index (χ0v) is 21.3. The molecule has 7 nitrogen and oxygen atoms in total. The monoisotopic (exact) mass is 541 g/mol. The minimum absolute atomic E-state index is 0.0498. The number of carbonyl (C=O) groups excluding carboxylic acids is 1. The van der Waals surface area contributed by atoms with Gasteiger partial charge in [-0.05, 0) is 55.8 Å². The van der Waals surface area contributed by atoms with Crippen LogP contribution < -0.4 is 10.1 Å². The molecule has 4 rings (SSSR count). The lowest BCUT2D eigenvalue weighted by molar-refractivity contribution is -0.152. The third-order valence-corrected chi connectivity index (χ3v) is 6.07. The molecular weight excluding hydrogens is 520 g/mol. The van der Waals surface area contributed by atoms with Crippen molar-refractivity contribution in [1.29, 1.82) is 0 Å². The Bertz CT molecular complexity index is 1450.